The highest BCUT2D eigenvalue weighted by molar-refractivity contribution is 6.28. The van der Waals surface area contributed by atoms with Crippen LogP contribution in [0.2, 0.25) is 0 Å². The summed E-state index contributed by atoms with van der Waals surface area (Å²) >= 11 is 5.70. The van der Waals surface area contributed by atoms with Crippen molar-refractivity contribution in [1.82, 2.24) is 0 Å². The van der Waals surface area contributed by atoms with Crippen molar-refractivity contribution in [3.63, 3.8) is 0 Å². The molecule has 1 aromatic carbocycles. The van der Waals surface area contributed by atoms with Crippen molar-refractivity contribution < 1.29 is 0 Å². The summed E-state index contributed by atoms with van der Waals surface area (Å²) in [6, 6.07) is 8.16. The zero-order valence-corrected chi connectivity index (χ0v) is 11.4. The van der Waals surface area contributed by atoms with Crippen molar-refractivity contribution in [1.29, 1.82) is 0 Å². The predicted octanol–water partition coefficient (Wildman–Crippen LogP) is 3.29. The molecule has 1 aliphatic heterocycles. The predicted molar refractivity (Wildman–Crippen MR) is 79.1 cm³/mol. The first kappa shape index (κ1) is 13.2. The van der Waals surface area contributed by atoms with Crippen molar-refractivity contribution in [2.75, 3.05) is 23.9 Å². The monoisotopic (exact) mass is 265 g/mol. The Labute approximate surface area is 114 Å². The Morgan fingerprint density at radius 1 is 1.17 bits per heavy atom. The fraction of sp³-hybridized carbons (Fsp3) is 0.500. The van der Waals surface area contributed by atoms with Crippen LogP contribution < -0.4 is 10.6 Å². The van der Waals surface area contributed by atoms with Gasteiger partial charge in [-0.05, 0) is 25.0 Å². The van der Waals surface area contributed by atoms with Gasteiger partial charge in [0.2, 0.25) is 0 Å². The largest absolute Gasteiger partial charge is 0.386 e. The third kappa shape index (κ3) is 3.39. The maximum absolute atomic E-state index is 5.73. The standard InChI is InChI=1S/C14H20ClN3/c15-11-14(16)17-12-7-3-4-8-13(12)18-9-5-1-2-6-10-18/h3-4,7-8H,1-2,5-6,9-11H2,(H2,16,17). The van der Waals surface area contributed by atoms with Crippen LogP contribution >= 0.6 is 11.6 Å². The van der Waals surface area contributed by atoms with Gasteiger partial charge in [0.1, 0.15) is 5.84 Å². The number of aliphatic imine (C=N–C) groups is 1. The zero-order valence-electron chi connectivity index (χ0n) is 10.6. The molecular formula is C14H20ClN3. The van der Waals surface area contributed by atoms with E-state index in [-0.39, 0.29) is 5.88 Å². The molecular weight excluding hydrogens is 246 g/mol. The number of benzene rings is 1. The lowest BCUT2D eigenvalue weighted by molar-refractivity contribution is 0.726. The van der Waals surface area contributed by atoms with E-state index in [4.69, 9.17) is 17.3 Å². The van der Waals surface area contributed by atoms with Gasteiger partial charge in [-0.25, -0.2) is 4.99 Å². The fourth-order valence-electron chi connectivity index (χ4n) is 2.32. The zero-order chi connectivity index (χ0) is 12.8. The van der Waals surface area contributed by atoms with E-state index in [1.165, 1.54) is 31.4 Å². The van der Waals surface area contributed by atoms with Crippen molar-refractivity contribution in [3.8, 4) is 0 Å². The lowest BCUT2D eigenvalue weighted by Gasteiger charge is -2.24. The van der Waals surface area contributed by atoms with Gasteiger partial charge < -0.3 is 10.6 Å². The van der Waals surface area contributed by atoms with E-state index in [0.29, 0.717) is 5.84 Å². The van der Waals surface area contributed by atoms with Gasteiger partial charge >= 0.3 is 0 Å². The second kappa shape index (κ2) is 6.64. The summed E-state index contributed by atoms with van der Waals surface area (Å²) < 4.78 is 0. The average Bonchev–Trinajstić information content (AvgIpc) is 2.68. The average molecular weight is 266 g/mol. The summed E-state index contributed by atoms with van der Waals surface area (Å²) in [5.41, 5.74) is 7.84. The number of nitrogens with two attached hydrogens (primary N) is 1. The molecule has 0 aliphatic carbocycles. The van der Waals surface area contributed by atoms with Crippen LogP contribution in [0.5, 0.6) is 0 Å². The molecule has 2 N–H and O–H groups in total. The van der Waals surface area contributed by atoms with Crippen LogP contribution in [0.1, 0.15) is 25.7 Å². The number of halogens is 1. The Kier molecular flexibility index (Phi) is 4.88. The minimum atomic E-state index is 0.272. The molecule has 1 saturated heterocycles. The number of amidine groups is 1. The van der Waals surface area contributed by atoms with Gasteiger partial charge in [0.25, 0.3) is 0 Å². The quantitative estimate of drug-likeness (QED) is 0.518. The maximum Gasteiger partial charge on any atom is 0.115 e. The smallest absolute Gasteiger partial charge is 0.115 e. The molecule has 3 nitrogen and oxygen atoms in total. The minimum Gasteiger partial charge on any atom is -0.386 e. The highest BCUT2D eigenvalue weighted by Gasteiger charge is 2.12. The molecule has 0 unspecified atom stereocenters. The van der Waals surface area contributed by atoms with E-state index in [1.807, 2.05) is 12.1 Å². The lowest BCUT2D eigenvalue weighted by atomic mass is 10.2. The molecule has 98 valence electrons. The summed E-state index contributed by atoms with van der Waals surface area (Å²) in [5.74, 6) is 0.743. The van der Waals surface area contributed by atoms with E-state index in [0.717, 1.165) is 18.8 Å². The molecule has 0 aromatic heterocycles. The number of rotatable bonds is 3. The van der Waals surface area contributed by atoms with Gasteiger partial charge in [-0.15, -0.1) is 11.6 Å². The van der Waals surface area contributed by atoms with E-state index >= 15 is 0 Å². The van der Waals surface area contributed by atoms with Crippen molar-refractivity contribution in [2.45, 2.75) is 25.7 Å². The number of alkyl halides is 1. The molecule has 0 bridgehead atoms. The summed E-state index contributed by atoms with van der Waals surface area (Å²) in [4.78, 5) is 6.81. The fourth-order valence-corrected chi connectivity index (χ4v) is 2.38. The second-order valence-electron chi connectivity index (χ2n) is 4.63. The van der Waals surface area contributed by atoms with Crippen molar-refractivity contribution in [3.05, 3.63) is 24.3 Å². The van der Waals surface area contributed by atoms with E-state index < -0.39 is 0 Å². The highest BCUT2D eigenvalue weighted by Crippen LogP contribution is 2.30. The van der Waals surface area contributed by atoms with Gasteiger partial charge in [-0.2, -0.15) is 0 Å². The Balaban J connectivity index is 2.25. The van der Waals surface area contributed by atoms with Crippen LogP contribution in [0, 0.1) is 0 Å². The molecule has 0 spiro atoms. The first-order valence-corrected chi connectivity index (χ1v) is 7.07. The van der Waals surface area contributed by atoms with Gasteiger partial charge in [0.15, 0.2) is 0 Å². The Bertz CT molecular complexity index is 409. The molecule has 1 heterocycles. The van der Waals surface area contributed by atoms with Gasteiger partial charge in [-0.3, -0.25) is 0 Å². The molecule has 1 fully saturated rings. The van der Waals surface area contributed by atoms with Gasteiger partial charge in [0, 0.05) is 13.1 Å². The van der Waals surface area contributed by atoms with Gasteiger partial charge in [-0.1, -0.05) is 25.0 Å². The van der Waals surface area contributed by atoms with E-state index in [2.05, 4.69) is 22.0 Å². The summed E-state index contributed by atoms with van der Waals surface area (Å²) in [6.45, 7) is 2.21. The third-order valence-electron chi connectivity index (χ3n) is 3.23. The first-order valence-electron chi connectivity index (χ1n) is 6.54. The van der Waals surface area contributed by atoms with E-state index in [9.17, 15) is 0 Å². The molecule has 0 atom stereocenters. The molecule has 0 radical (unpaired) electrons. The molecule has 1 aliphatic rings. The van der Waals surface area contributed by atoms with Crippen LogP contribution in [-0.4, -0.2) is 24.8 Å². The normalized spacial score (nSPS) is 17.6. The summed E-state index contributed by atoms with van der Waals surface area (Å²) in [6.07, 6.45) is 5.16. The van der Waals surface area contributed by atoms with Crippen LogP contribution in [0.15, 0.2) is 29.3 Å². The van der Waals surface area contributed by atoms with Crippen molar-refractivity contribution >= 4 is 28.8 Å². The number of para-hydroxylation sites is 2. The molecule has 0 amide bonds. The Morgan fingerprint density at radius 3 is 2.50 bits per heavy atom. The van der Waals surface area contributed by atoms with Crippen LogP contribution in [0.3, 0.4) is 0 Å². The Hall–Kier alpha value is -1.22. The number of hydrogen-bond donors (Lipinski definition) is 1. The second-order valence-corrected chi connectivity index (χ2v) is 4.89. The molecule has 2 rings (SSSR count). The number of nitrogens with zero attached hydrogens (tertiary/aromatic N) is 2. The maximum atomic E-state index is 5.73. The molecule has 4 heteroatoms. The Morgan fingerprint density at radius 2 is 1.83 bits per heavy atom. The number of hydrogen-bond acceptors (Lipinski definition) is 2. The summed E-state index contributed by atoms with van der Waals surface area (Å²) in [5, 5.41) is 0. The lowest BCUT2D eigenvalue weighted by Crippen LogP contribution is -2.24. The topological polar surface area (TPSA) is 41.6 Å². The van der Waals surface area contributed by atoms with Crippen LogP contribution in [0.25, 0.3) is 0 Å². The SMILES string of the molecule is NC(CCl)=Nc1ccccc1N1CCCCCC1. The first-order chi connectivity index (χ1) is 8.81. The minimum absolute atomic E-state index is 0.272. The van der Waals surface area contributed by atoms with E-state index in [1.54, 1.807) is 0 Å². The van der Waals surface area contributed by atoms with Crippen molar-refractivity contribution in [2.24, 2.45) is 10.7 Å². The van der Waals surface area contributed by atoms with Crippen LogP contribution in [-0.2, 0) is 0 Å². The molecule has 1 aromatic rings. The third-order valence-corrected chi connectivity index (χ3v) is 3.50. The number of anilines is 1. The molecule has 0 saturated carbocycles. The van der Waals surface area contributed by atoms with Gasteiger partial charge in [0.05, 0.1) is 17.3 Å². The van der Waals surface area contributed by atoms with Crippen LogP contribution in [0.4, 0.5) is 11.4 Å². The summed E-state index contributed by atoms with van der Waals surface area (Å²) in [7, 11) is 0. The molecule has 18 heavy (non-hydrogen) atoms. The highest BCUT2D eigenvalue weighted by atomic mass is 35.5.